The highest BCUT2D eigenvalue weighted by Crippen LogP contribution is 2.23. The summed E-state index contributed by atoms with van der Waals surface area (Å²) in [5.74, 6) is 0. The smallest absolute Gasteiger partial charge is 0.217 e. The molecule has 3 aromatic rings. The number of aromatic nitrogens is 3. The standard InChI is InChI=1S/C16H15N3O2S/c1-12-7-6-8-14(11-12)19-13(2)16(17-18-19)22(20,21)15-9-4-3-5-10-15/h3-11H,1-2H3. The molecule has 5 nitrogen and oxygen atoms in total. The van der Waals surface area contributed by atoms with Crippen molar-refractivity contribution in [3.63, 3.8) is 0 Å². The van der Waals surface area contributed by atoms with Gasteiger partial charge in [0.2, 0.25) is 14.9 Å². The number of benzene rings is 2. The van der Waals surface area contributed by atoms with Crippen LogP contribution in [-0.4, -0.2) is 23.4 Å². The molecule has 3 rings (SSSR count). The van der Waals surface area contributed by atoms with E-state index in [-0.39, 0.29) is 9.92 Å². The van der Waals surface area contributed by atoms with Crippen molar-refractivity contribution in [3.05, 3.63) is 65.9 Å². The molecule has 0 saturated heterocycles. The number of aryl methyl sites for hydroxylation is 1. The fourth-order valence-corrected chi connectivity index (χ4v) is 3.64. The normalized spacial score (nSPS) is 11.5. The molecule has 0 spiro atoms. The monoisotopic (exact) mass is 313 g/mol. The van der Waals surface area contributed by atoms with Crippen molar-refractivity contribution in [1.29, 1.82) is 0 Å². The molecule has 6 heteroatoms. The van der Waals surface area contributed by atoms with Crippen LogP contribution in [0.25, 0.3) is 5.69 Å². The van der Waals surface area contributed by atoms with Crippen LogP contribution in [0.1, 0.15) is 11.3 Å². The Labute approximate surface area is 129 Å². The van der Waals surface area contributed by atoms with Crippen LogP contribution in [0.15, 0.2) is 64.5 Å². The van der Waals surface area contributed by atoms with Crippen LogP contribution in [0.4, 0.5) is 0 Å². The van der Waals surface area contributed by atoms with Crippen molar-refractivity contribution < 1.29 is 8.42 Å². The van der Waals surface area contributed by atoms with Crippen molar-refractivity contribution >= 4 is 9.84 Å². The van der Waals surface area contributed by atoms with E-state index in [1.165, 1.54) is 0 Å². The molecule has 0 fully saturated rings. The van der Waals surface area contributed by atoms with Crippen LogP contribution in [0.2, 0.25) is 0 Å². The summed E-state index contributed by atoms with van der Waals surface area (Å²) in [4.78, 5) is 0.217. The summed E-state index contributed by atoms with van der Waals surface area (Å²) in [7, 11) is -3.66. The Kier molecular flexibility index (Phi) is 3.54. The third-order valence-corrected chi connectivity index (χ3v) is 5.19. The van der Waals surface area contributed by atoms with Gasteiger partial charge in [-0.25, -0.2) is 13.1 Å². The van der Waals surface area contributed by atoms with Gasteiger partial charge in [-0.15, -0.1) is 5.10 Å². The maximum absolute atomic E-state index is 12.7. The van der Waals surface area contributed by atoms with Gasteiger partial charge in [0.1, 0.15) is 0 Å². The van der Waals surface area contributed by atoms with Crippen molar-refractivity contribution in [2.75, 3.05) is 0 Å². The highest BCUT2D eigenvalue weighted by molar-refractivity contribution is 7.91. The molecule has 0 amide bonds. The average Bonchev–Trinajstić information content (AvgIpc) is 2.90. The van der Waals surface area contributed by atoms with E-state index in [4.69, 9.17) is 0 Å². The molecule has 1 aromatic heterocycles. The highest BCUT2D eigenvalue weighted by Gasteiger charge is 2.25. The molecule has 0 aliphatic rings. The summed E-state index contributed by atoms with van der Waals surface area (Å²) in [6.45, 7) is 3.68. The first kappa shape index (κ1) is 14.5. The molecule has 0 bridgehead atoms. The van der Waals surface area contributed by atoms with Gasteiger partial charge in [-0.05, 0) is 43.7 Å². The number of rotatable bonds is 3. The minimum absolute atomic E-state index is 0.0137. The Bertz CT molecular complexity index is 916. The SMILES string of the molecule is Cc1cccc(-n2nnc(S(=O)(=O)c3ccccc3)c2C)c1. The Morgan fingerprint density at radius 3 is 2.36 bits per heavy atom. The molecule has 0 unspecified atom stereocenters. The second-order valence-corrected chi connectivity index (χ2v) is 6.91. The molecular formula is C16H15N3O2S. The molecule has 0 aliphatic heterocycles. The van der Waals surface area contributed by atoms with E-state index in [9.17, 15) is 8.42 Å². The molecule has 0 saturated carbocycles. The predicted molar refractivity (Wildman–Crippen MR) is 82.7 cm³/mol. The van der Waals surface area contributed by atoms with Gasteiger partial charge in [-0.1, -0.05) is 35.5 Å². The van der Waals surface area contributed by atoms with E-state index in [0.717, 1.165) is 11.3 Å². The highest BCUT2D eigenvalue weighted by atomic mass is 32.2. The van der Waals surface area contributed by atoms with E-state index < -0.39 is 9.84 Å². The molecule has 2 aromatic carbocycles. The van der Waals surface area contributed by atoms with Crippen LogP contribution in [0, 0.1) is 13.8 Å². The Balaban J connectivity index is 2.12. The molecule has 112 valence electrons. The number of sulfone groups is 1. The molecule has 22 heavy (non-hydrogen) atoms. The minimum atomic E-state index is -3.66. The lowest BCUT2D eigenvalue weighted by Crippen LogP contribution is -2.05. The van der Waals surface area contributed by atoms with E-state index >= 15 is 0 Å². The van der Waals surface area contributed by atoms with E-state index in [1.807, 2.05) is 31.2 Å². The Hall–Kier alpha value is -2.47. The fourth-order valence-electron chi connectivity index (χ4n) is 2.28. The van der Waals surface area contributed by atoms with E-state index in [0.29, 0.717) is 5.69 Å². The molecular weight excluding hydrogens is 298 g/mol. The average molecular weight is 313 g/mol. The molecule has 0 atom stereocenters. The minimum Gasteiger partial charge on any atom is -0.217 e. The van der Waals surface area contributed by atoms with Gasteiger partial charge in [0.05, 0.1) is 16.3 Å². The van der Waals surface area contributed by atoms with Gasteiger partial charge in [0.25, 0.3) is 0 Å². The van der Waals surface area contributed by atoms with Crippen molar-refractivity contribution in [3.8, 4) is 5.69 Å². The van der Waals surface area contributed by atoms with Gasteiger partial charge in [-0.2, -0.15) is 0 Å². The van der Waals surface area contributed by atoms with Gasteiger partial charge in [0, 0.05) is 0 Å². The number of nitrogens with zero attached hydrogens (tertiary/aromatic N) is 3. The maximum atomic E-state index is 12.7. The first-order valence-corrected chi connectivity index (χ1v) is 8.28. The maximum Gasteiger partial charge on any atom is 0.227 e. The molecule has 0 radical (unpaired) electrons. The van der Waals surface area contributed by atoms with Gasteiger partial charge in [-0.3, -0.25) is 0 Å². The first-order chi connectivity index (χ1) is 10.5. The third kappa shape index (κ3) is 2.42. The zero-order valence-corrected chi connectivity index (χ0v) is 13.1. The fraction of sp³-hybridized carbons (Fsp3) is 0.125. The lowest BCUT2D eigenvalue weighted by molar-refractivity contribution is 0.591. The summed E-state index contributed by atoms with van der Waals surface area (Å²) in [5, 5.41) is 7.89. The van der Waals surface area contributed by atoms with E-state index in [2.05, 4.69) is 10.3 Å². The van der Waals surface area contributed by atoms with Crippen molar-refractivity contribution in [1.82, 2.24) is 15.0 Å². The topological polar surface area (TPSA) is 64.8 Å². The summed E-state index contributed by atoms with van der Waals surface area (Å²) in [6, 6.07) is 15.9. The molecule has 0 aliphatic carbocycles. The van der Waals surface area contributed by atoms with Crippen molar-refractivity contribution in [2.45, 2.75) is 23.8 Å². The summed E-state index contributed by atoms with van der Waals surface area (Å²) < 4.78 is 26.8. The van der Waals surface area contributed by atoms with Crippen LogP contribution >= 0.6 is 0 Å². The Morgan fingerprint density at radius 1 is 0.955 bits per heavy atom. The summed E-state index contributed by atoms with van der Waals surface area (Å²) in [6.07, 6.45) is 0. The number of hydrogen-bond donors (Lipinski definition) is 0. The summed E-state index contributed by atoms with van der Waals surface area (Å²) >= 11 is 0. The summed E-state index contributed by atoms with van der Waals surface area (Å²) in [5.41, 5.74) is 2.36. The largest absolute Gasteiger partial charge is 0.227 e. The lowest BCUT2D eigenvalue weighted by Gasteiger charge is -2.05. The van der Waals surface area contributed by atoms with Gasteiger partial charge < -0.3 is 0 Å². The van der Waals surface area contributed by atoms with Crippen LogP contribution in [-0.2, 0) is 9.84 Å². The third-order valence-electron chi connectivity index (χ3n) is 3.41. The quantitative estimate of drug-likeness (QED) is 0.746. The van der Waals surface area contributed by atoms with Crippen LogP contribution < -0.4 is 0 Å². The first-order valence-electron chi connectivity index (χ1n) is 6.79. The lowest BCUT2D eigenvalue weighted by atomic mass is 10.2. The van der Waals surface area contributed by atoms with Crippen molar-refractivity contribution in [2.24, 2.45) is 0 Å². The zero-order chi connectivity index (χ0) is 15.7. The van der Waals surface area contributed by atoms with Crippen LogP contribution in [0.5, 0.6) is 0 Å². The molecule has 1 heterocycles. The van der Waals surface area contributed by atoms with E-state index in [1.54, 1.807) is 41.9 Å². The van der Waals surface area contributed by atoms with Gasteiger partial charge in [0.15, 0.2) is 0 Å². The second kappa shape index (κ2) is 5.38. The van der Waals surface area contributed by atoms with Gasteiger partial charge >= 0.3 is 0 Å². The predicted octanol–water partition coefficient (Wildman–Crippen LogP) is 2.72. The zero-order valence-electron chi connectivity index (χ0n) is 12.3. The van der Waals surface area contributed by atoms with Crippen LogP contribution in [0.3, 0.4) is 0 Å². The molecule has 0 N–H and O–H groups in total. The second-order valence-electron chi connectivity index (χ2n) is 5.05. The Morgan fingerprint density at radius 2 is 1.68 bits per heavy atom. The number of hydrogen-bond acceptors (Lipinski definition) is 4.